The molecule has 0 aliphatic rings. The van der Waals surface area contributed by atoms with Crippen molar-refractivity contribution >= 4 is 22.0 Å². The van der Waals surface area contributed by atoms with E-state index in [1.165, 1.54) is 44.7 Å². The van der Waals surface area contributed by atoms with E-state index in [1.807, 2.05) is 0 Å². The maximum absolute atomic E-state index is 5.82. The molecule has 0 fully saturated rings. The third kappa shape index (κ3) is 5.58. The summed E-state index contributed by atoms with van der Waals surface area (Å²) in [5, 5.41) is 0. The summed E-state index contributed by atoms with van der Waals surface area (Å²) in [4.78, 5) is 0. The van der Waals surface area contributed by atoms with Crippen LogP contribution < -0.4 is 13.9 Å². The van der Waals surface area contributed by atoms with E-state index in [0.29, 0.717) is 6.54 Å². The predicted molar refractivity (Wildman–Crippen MR) is 109 cm³/mol. The minimum absolute atomic E-state index is 0.640. The van der Waals surface area contributed by atoms with Crippen molar-refractivity contribution in [1.82, 2.24) is 4.57 Å². The van der Waals surface area contributed by atoms with Crippen molar-refractivity contribution in [1.29, 1.82) is 0 Å². The Morgan fingerprint density at radius 3 is 2.12 bits per heavy atom. The van der Waals surface area contributed by atoms with Gasteiger partial charge in [-0.25, -0.2) is 0 Å². The van der Waals surface area contributed by atoms with Gasteiger partial charge >= 0.3 is 158 Å². The fourth-order valence-electron chi connectivity index (χ4n) is 3.76. The van der Waals surface area contributed by atoms with E-state index < -0.39 is 18.4 Å². The van der Waals surface area contributed by atoms with Crippen LogP contribution in [0.25, 0.3) is 0 Å². The topological polar surface area (TPSA) is 34.8 Å². The monoisotopic (exact) mass is 450 g/mol. The van der Waals surface area contributed by atoms with E-state index in [1.54, 1.807) is 3.58 Å². The summed E-state index contributed by atoms with van der Waals surface area (Å²) in [6.07, 6.45) is 12.1. The zero-order valence-electron chi connectivity index (χ0n) is 16.4. The van der Waals surface area contributed by atoms with Gasteiger partial charge in [0.2, 0.25) is 0 Å². The fraction of sp³-hybridized carbons (Fsp3) is 0.571. The first-order valence-electron chi connectivity index (χ1n) is 10.0. The molecule has 2 rings (SSSR count). The molecule has 1 aromatic carbocycles. The molecule has 0 saturated heterocycles. The van der Waals surface area contributed by atoms with Gasteiger partial charge in [0.05, 0.1) is 0 Å². The van der Waals surface area contributed by atoms with Crippen molar-refractivity contribution in [2.24, 2.45) is 5.73 Å². The Labute approximate surface area is 158 Å². The molecule has 0 radical (unpaired) electrons. The Morgan fingerprint density at radius 1 is 1.00 bits per heavy atom. The summed E-state index contributed by atoms with van der Waals surface area (Å²) in [5.41, 5.74) is 7.07. The first kappa shape index (κ1) is 20.5. The van der Waals surface area contributed by atoms with Gasteiger partial charge < -0.3 is 0 Å². The zero-order chi connectivity index (χ0) is 18.1. The molecular weight excluding hydrogens is 413 g/mol. The van der Waals surface area contributed by atoms with Crippen LogP contribution in [-0.2, 0) is 17.7 Å². The molecule has 1 aromatic heterocycles. The number of benzene rings is 1. The van der Waals surface area contributed by atoms with Gasteiger partial charge in [-0.3, -0.25) is 0 Å². The summed E-state index contributed by atoms with van der Waals surface area (Å²) in [7, 11) is 0. The van der Waals surface area contributed by atoms with E-state index >= 15 is 0 Å². The number of hydrogen-bond acceptors (Lipinski definition) is 1. The molecule has 1 heterocycles. The SMILES string of the molecule is CCC[CH2][Sn]([CH2]CCC)([CH2][n+]1ccn(CC)c1)[c]1ccc(CN)cc1. The number of nitrogens with zero attached hydrogens (tertiary/aromatic N) is 2. The van der Waals surface area contributed by atoms with Crippen LogP contribution >= 0.6 is 0 Å². The number of aryl methyl sites for hydroxylation is 1. The Hall–Kier alpha value is -0.811. The van der Waals surface area contributed by atoms with Gasteiger partial charge in [0, 0.05) is 0 Å². The van der Waals surface area contributed by atoms with Gasteiger partial charge in [0.1, 0.15) is 0 Å². The number of nitrogens with two attached hydrogens (primary N) is 1. The third-order valence-corrected chi connectivity index (χ3v) is 20.1. The summed E-state index contributed by atoms with van der Waals surface area (Å²) < 4.78 is 10.6. The van der Waals surface area contributed by atoms with Gasteiger partial charge in [0.15, 0.2) is 0 Å². The molecule has 3 nitrogen and oxygen atoms in total. The van der Waals surface area contributed by atoms with Crippen LogP contribution in [0, 0.1) is 0 Å². The van der Waals surface area contributed by atoms with Gasteiger partial charge in [-0.1, -0.05) is 0 Å². The van der Waals surface area contributed by atoms with E-state index in [4.69, 9.17) is 5.73 Å². The maximum atomic E-state index is 5.82. The molecule has 2 N–H and O–H groups in total. The van der Waals surface area contributed by atoms with Crippen LogP contribution in [0.3, 0.4) is 0 Å². The molecule has 0 unspecified atom stereocenters. The van der Waals surface area contributed by atoms with Crippen LogP contribution in [-0.4, -0.2) is 22.9 Å². The number of aromatic nitrogens is 2. The molecule has 0 aliphatic heterocycles. The first-order valence-corrected chi connectivity index (χ1v) is 17.5. The second kappa shape index (κ2) is 10.4. The molecule has 2 aromatic rings. The number of hydrogen-bond donors (Lipinski definition) is 1. The van der Waals surface area contributed by atoms with Crippen molar-refractivity contribution in [2.75, 3.05) is 0 Å². The second-order valence-corrected chi connectivity index (χ2v) is 20.0. The van der Waals surface area contributed by atoms with Crippen LogP contribution in [0.2, 0.25) is 8.87 Å². The molecular formula is C21H36N3Sn+. The van der Waals surface area contributed by atoms with Crippen molar-refractivity contribution < 1.29 is 4.57 Å². The normalized spacial score (nSPS) is 11.8. The van der Waals surface area contributed by atoms with E-state index in [0.717, 1.165) is 6.54 Å². The molecule has 4 heteroatoms. The molecule has 138 valence electrons. The Bertz CT molecular complexity index is 610. The predicted octanol–water partition coefficient (Wildman–Crippen LogP) is 3.75. The Morgan fingerprint density at radius 2 is 1.64 bits per heavy atom. The van der Waals surface area contributed by atoms with Crippen LogP contribution in [0.1, 0.15) is 52.0 Å². The molecule has 0 spiro atoms. The summed E-state index contributed by atoms with van der Waals surface area (Å²) in [6.45, 7) is 8.55. The van der Waals surface area contributed by atoms with Crippen LogP contribution in [0.15, 0.2) is 43.0 Å². The molecule has 0 saturated carbocycles. The molecule has 0 aliphatic carbocycles. The zero-order valence-corrected chi connectivity index (χ0v) is 19.2. The van der Waals surface area contributed by atoms with Crippen LogP contribution in [0.4, 0.5) is 0 Å². The fourth-order valence-corrected chi connectivity index (χ4v) is 18.4. The van der Waals surface area contributed by atoms with Crippen molar-refractivity contribution in [2.45, 2.75) is 73.0 Å². The van der Waals surface area contributed by atoms with Gasteiger partial charge in [0.25, 0.3) is 0 Å². The summed E-state index contributed by atoms with van der Waals surface area (Å²) in [5.74, 6) is 0. The average molecular weight is 449 g/mol. The molecule has 0 atom stereocenters. The number of imidazole rings is 1. The minimum atomic E-state index is -2.50. The Balaban J connectivity index is 2.37. The standard InChI is InChI=1S/C7H8N.C6H10N2.2C4H9.Sn/c8-6-7-4-2-1-3-5-7;1-3-8-5-4-7(2)6-8;2*1-3-4-2;/h2-5H,6,8H2;4-6H,2-3H2,1H3;2*1,3-4H2,2H3;/q;+1;;;. The molecule has 25 heavy (non-hydrogen) atoms. The molecule has 0 bridgehead atoms. The van der Waals surface area contributed by atoms with E-state index in [-0.39, 0.29) is 0 Å². The first-order chi connectivity index (χ1) is 12.2. The van der Waals surface area contributed by atoms with E-state index in [9.17, 15) is 0 Å². The van der Waals surface area contributed by atoms with Crippen molar-refractivity contribution in [3.8, 4) is 0 Å². The number of unbranched alkanes of at least 4 members (excludes halogenated alkanes) is 2. The Kier molecular flexibility index (Phi) is 8.50. The van der Waals surface area contributed by atoms with Gasteiger partial charge in [-0.05, 0) is 0 Å². The van der Waals surface area contributed by atoms with Crippen molar-refractivity contribution in [3.05, 3.63) is 48.5 Å². The van der Waals surface area contributed by atoms with Gasteiger partial charge in [-0.15, -0.1) is 0 Å². The average Bonchev–Trinajstić information content (AvgIpc) is 3.11. The quantitative estimate of drug-likeness (QED) is 0.412. The van der Waals surface area contributed by atoms with Crippen molar-refractivity contribution in [3.63, 3.8) is 0 Å². The summed E-state index contributed by atoms with van der Waals surface area (Å²) >= 11 is -2.50. The third-order valence-electron chi connectivity index (χ3n) is 5.42. The second-order valence-electron chi connectivity index (χ2n) is 7.30. The number of rotatable bonds is 11. The van der Waals surface area contributed by atoms with Gasteiger partial charge in [-0.2, -0.15) is 0 Å². The van der Waals surface area contributed by atoms with E-state index in [2.05, 4.69) is 72.9 Å². The molecule has 0 amide bonds. The summed E-state index contributed by atoms with van der Waals surface area (Å²) in [6, 6.07) is 9.36. The van der Waals surface area contributed by atoms with Crippen LogP contribution in [0.5, 0.6) is 0 Å².